The van der Waals surface area contributed by atoms with Crippen LogP contribution in [0.15, 0.2) is 15.8 Å². The first-order chi connectivity index (χ1) is 17.4. The van der Waals surface area contributed by atoms with Crippen molar-refractivity contribution in [1.82, 2.24) is 14.2 Å². The van der Waals surface area contributed by atoms with Crippen LogP contribution < -0.4 is 11.2 Å². The Morgan fingerprint density at radius 3 is 2.51 bits per heavy atom. The number of esters is 1. The van der Waals surface area contributed by atoms with Crippen molar-refractivity contribution in [2.24, 2.45) is 0 Å². The molecule has 1 aromatic heterocycles. The number of ketones is 1. The minimum absolute atomic E-state index is 0.00208. The third-order valence-electron chi connectivity index (χ3n) is 5.60. The average Bonchev–Trinajstić information content (AvgIpc) is 3.20. The lowest BCUT2D eigenvalue weighted by Crippen LogP contribution is -2.36. The van der Waals surface area contributed by atoms with E-state index >= 15 is 0 Å². The molecule has 2 rings (SSSR count). The van der Waals surface area contributed by atoms with Gasteiger partial charge in [-0.3, -0.25) is 19.1 Å². The van der Waals surface area contributed by atoms with Gasteiger partial charge in [-0.15, -0.1) is 0 Å². The molecule has 13 heteroatoms. The molecule has 2 unspecified atom stereocenters. The van der Waals surface area contributed by atoms with E-state index in [-0.39, 0.29) is 56.9 Å². The number of nitrogens with one attached hydrogen (secondary N) is 1. The summed E-state index contributed by atoms with van der Waals surface area (Å²) in [6.45, 7) is 18.5. The van der Waals surface area contributed by atoms with Crippen LogP contribution in [0.4, 0.5) is 0 Å². The van der Waals surface area contributed by atoms with Gasteiger partial charge in [0.2, 0.25) is 6.54 Å². The molecule has 0 radical (unpaired) electrons. The molecule has 0 bridgehead atoms. The molecule has 1 N–H and O–H groups in total. The topological polar surface area (TPSA) is 134 Å². The predicted molar refractivity (Wildman–Crippen MR) is 137 cm³/mol. The van der Waals surface area contributed by atoms with E-state index in [1.807, 2.05) is 27.7 Å². The van der Waals surface area contributed by atoms with E-state index in [4.69, 9.17) is 25.1 Å². The summed E-state index contributed by atoms with van der Waals surface area (Å²) in [5.74, 6) is -0.682. The van der Waals surface area contributed by atoms with Gasteiger partial charge < -0.3 is 28.2 Å². The van der Waals surface area contributed by atoms with Crippen LogP contribution in [0.1, 0.15) is 65.7 Å². The van der Waals surface area contributed by atoms with Gasteiger partial charge in [0.25, 0.3) is 14.1 Å². The first-order valence-electron chi connectivity index (χ1n) is 12.3. The molecular weight excluding hydrogens is 503 g/mol. The molecule has 0 spiro atoms. The molecule has 1 aliphatic rings. The van der Waals surface area contributed by atoms with Crippen LogP contribution in [-0.2, 0) is 28.1 Å². The second-order valence-corrected chi connectivity index (χ2v) is 10.8. The standard InChI is InChI=1S/C24H37N4O8P/c1-15(2)28(16(3)4)37(33-11-10-25-7)34-14-20-19(36-22(30)9-8-18(6)29)12-21(35-20)27-13-17(5)23(31)26-24(27)32/h13,15-16,19-21H,8-12,14H2,1-6H3,(H,26,31,32)/t19?,20-,21-,37?/m1/s1. The lowest BCUT2D eigenvalue weighted by Gasteiger charge is -2.36. The van der Waals surface area contributed by atoms with Gasteiger partial charge >= 0.3 is 11.7 Å². The van der Waals surface area contributed by atoms with Crippen LogP contribution in [-0.4, -0.2) is 70.0 Å². The molecule has 2 heterocycles. The smallest absolute Gasteiger partial charge is 0.330 e. The summed E-state index contributed by atoms with van der Waals surface area (Å²) in [6, 6.07) is 0.193. The van der Waals surface area contributed by atoms with Crippen LogP contribution in [0.25, 0.3) is 4.85 Å². The molecule has 206 valence electrons. The van der Waals surface area contributed by atoms with E-state index in [0.717, 1.165) is 0 Å². The zero-order chi connectivity index (χ0) is 27.7. The van der Waals surface area contributed by atoms with Gasteiger partial charge in [-0.2, -0.15) is 0 Å². The molecule has 1 aromatic rings. The Labute approximate surface area is 218 Å². The van der Waals surface area contributed by atoms with Crippen molar-refractivity contribution < 1.29 is 28.1 Å². The maximum absolute atomic E-state index is 12.4. The van der Waals surface area contributed by atoms with Gasteiger partial charge in [0.15, 0.2) is 0 Å². The lowest BCUT2D eigenvalue weighted by atomic mass is 10.1. The van der Waals surface area contributed by atoms with Gasteiger partial charge in [-0.25, -0.2) is 16.0 Å². The number of Topliss-reactive ketones (excluding diaryl/α,β-unsaturated/α-hetero) is 1. The summed E-state index contributed by atoms with van der Waals surface area (Å²) in [6.07, 6.45) is -0.738. The van der Waals surface area contributed by atoms with Crippen LogP contribution in [0.3, 0.4) is 0 Å². The summed E-state index contributed by atoms with van der Waals surface area (Å²) < 4.78 is 27.2. The van der Waals surface area contributed by atoms with Gasteiger partial charge in [0.05, 0.1) is 13.0 Å². The van der Waals surface area contributed by atoms with E-state index in [1.165, 1.54) is 17.7 Å². The fourth-order valence-corrected chi connectivity index (χ4v) is 5.50. The number of H-pyrrole nitrogens is 1. The van der Waals surface area contributed by atoms with E-state index in [2.05, 4.69) is 14.5 Å². The molecule has 0 aromatic carbocycles. The molecule has 0 aliphatic carbocycles. The van der Waals surface area contributed by atoms with E-state index in [0.29, 0.717) is 5.56 Å². The number of carbonyl (C=O) groups excluding carboxylic acids is 2. The fraction of sp³-hybridized carbons (Fsp3) is 0.708. The van der Waals surface area contributed by atoms with Crippen LogP contribution in [0.5, 0.6) is 0 Å². The Kier molecular flexibility index (Phi) is 12.1. The summed E-state index contributed by atoms with van der Waals surface area (Å²) in [4.78, 5) is 53.5. The number of carbonyl (C=O) groups is 2. The van der Waals surface area contributed by atoms with E-state index < -0.39 is 44.2 Å². The molecule has 1 aliphatic heterocycles. The van der Waals surface area contributed by atoms with Crippen molar-refractivity contribution in [3.05, 3.63) is 44.0 Å². The van der Waals surface area contributed by atoms with Gasteiger partial charge in [0.1, 0.15) is 30.8 Å². The Morgan fingerprint density at radius 2 is 1.92 bits per heavy atom. The maximum Gasteiger partial charge on any atom is 0.330 e. The Morgan fingerprint density at radius 1 is 1.24 bits per heavy atom. The first kappa shape index (κ1) is 30.8. The van der Waals surface area contributed by atoms with E-state index in [1.54, 1.807) is 6.92 Å². The Balaban J connectivity index is 2.25. The highest BCUT2D eigenvalue weighted by atomic mass is 31.2. The molecule has 12 nitrogen and oxygen atoms in total. The van der Waals surface area contributed by atoms with Crippen LogP contribution in [0, 0.1) is 13.5 Å². The molecule has 1 fully saturated rings. The highest BCUT2D eigenvalue weighted by molar-refractivity contribution is 7.44. The van der Waals surface area contributed by atoms with Crippen LogP contribution >= 0.6 is 8.53 Å². The number of rotatable bonds is 14. The molecule has 1 saturated heterocycles. The predicted octanol–water partition coefficient (Wildman–Crippen LogP) is 2.71. The van der Waals surface area contributed by atoms with Gasteiger partial charge in [-0.05, 0) is 41.5 Å². The number of hydrogen-bond donors (Lipinski definition) is 1. The second-order valence-electron chi connectivity index (χ2n) is 9.39. The minimum Gasteiger partial charge on any atom is -0.459 e. The molecular formula is C24H37N4O8P. The van der Waals surface area contributed by atoms with Crippen molar-refractivity contribution >= 4 is 20.3 Å². The third-order valence-corrected chi connectivity index (χ3v) is 7.68. The average molecular weight is 541 g/mol. The largest absolute Gasteiger partial charge is 0.459 e. The van der Waals surface area contributed by atoms with Crippen molar-refractivity contribution in [2.45, 2.75) is 91.3 Å². The van der Waals surface area contributed by atoms with Crippen molar-refractivity contribution in [3.63, 3.8) is 0 Å². The number of hydrogen-bond acceptors (Lipinski definition) is 9. The molecule has 37 heavy (non-hydrogen) atoms. The number of aromatic nitrogens is 2. The van der Waals surface area contributed by atoms with E-state index in [9.17, 15) is 19.2 Å². The monoisotopic (exact) mass is 540 g/mol. The molecule has 4 atom stereocenters. The zero-order valence-corrected chi connectivity index (χ0v) is 23.2. The van der Waals surface area contributed by atoms with Crippen molar-refractivity contribution in [2.75, 3.05) is 19.8 Å². The summed E-state index contributed by atoms with van der Waals surface area (Å²) in [5, 5.41) is 0. The first-order valence-corrected chi connectivity index (χ1v) is 13.4. The van der Waals surface area contributed by atoms with Crippen LogP contribution in [0.2, 0.25) is 0 Å². The summed E-state index contributed by atoms with van der Waals surface area (Å²) in [5.41, 5.74) is -0.797. The zero-order valence-electron chi connectivity index (χ0n) is 22.3. The SMILES string of the molecule is [C-]#[N+]CCOP(OC[C@H]1O[C@@H](n2cc(C)c(=O)[nH]c2=O)CC1OC(=O)CCC(C)=O)N(C(C)C)C(C)C. The third kappa shape index (κ3) is 9.13. The van der Waals surface area contributed by atoms with Gasteiger partial charge in [-0.1, -0.05) is 0 Å². The highest BCUT2D eigenvalue weighted by Gasteiger charge is 2.41. The summed E-state index contributed by atoms with van der Waals surface area (Å²) >= 11 is 0. The minimum atomic E-state index is -1.56. The Bertz CT molecular complexity index is 1070. The van der Waals surface area contributed by atoms with Crippen molar-refractivity contribution in [3.8, 4) is 0 Å². The normalized spacial score (nSPS) is 20.4. The van der Waals surface area contributed by atoms with Crippen molar-refractivity contribution in [1.29, 1.82) is 0 Å². The second kappa shape index (κ2) is 14.5. The summed E-state index contributed by atoms with van der Waals surface area (Å²) in [7, 11) is -1.56. The molecule has 0 amide bonds. The molecule has 0 saturated carbocycles. The Hall–Kier alpha value is -2.42. The number of nitrogens with zero attached hydrogens (tertiary/aromatic N) is 3. The lowest BCUT2D eigenvalue weighted by molar-refractivity contribution is -0.153. The quantitative estimate of drug-likeness (QED) is 0.164. The highest BCUT2D eigenvalue weighted by Crippen LogP contribution is 2.46. The maximum atomic E-state index is 12.4. The number of ether oxygens (including phenoxy) is 2. The fourth-order valence-electron chi connectivity index (χ4n) is 3.90. The number of aryl methyl sites for hydroxylation is 1. The van der Waals surface area contributed by atoms with Gasteiger partial charge in [0, 0.05) is 36.7 Å². The number of aromatic amines is 1.